The van der Waals surface area contributed by atoms with Gasteiger partial charge < -0.3 is 19.8 Å². The fraction of sp³-hybridized carbons (Fsp3) is 0.455. The van der Waals surface area contributed by atoms with E-state index in [1.54, 1.807) is 4.90 Å². The molecular weight excluding hydrogens is 270 g/mol. The summed E-state index contributed by atoms with van der Waals surface area (Å²) < 4.78 is 5.27. The molecule has 1 atom stereocenters. The first-order valence-electron chi connectivity index (χ1n) is 5.88. The predicted octanol–water partition coefficient (Wildman–Crippen LogP) is -0.115. The SMILES string of the molecule is O=C(O)c1cc(N2CCOC(CO)C2)ncc1[N+](=O)[O-]. The number of anilines is 1. The van der Waals surface area contributed by atoms with Gasteiger partial charge in [0.05, 0.1) is 24.2 Å². The molecule has 1 aromatic heterocycles. The van der Waals surface area contributed by atoms with Crippen molar-refractivity contribution in [1.82, 2.24) is 4.98 Å². The minimum absolute atomic E-state index is 0.157. The summed E-state index contributed by atoms with van der Waals surface area (Å²) in [6, 6.07) is 1.17. The number of nitrogens with zero attached hydrogens (tertiary/aromatic N) is 3. The number of aliphatic hydroxyl groups excluding tert-OH is 1. The Balaban J connectivity index is 2.31. The third-order valence-corrected chi connectivity index (χ3v) is 2.96. The van der Waals surface area contributed by atoms with Crippen molar-refractivity contribution in [2.45, 2.75) is 6.10 Å². The van der Waals surface area contributed by atoms with E-state index in [1.165, 1.54) is 6.07 Å². The van der Waals surface area contributed by atoms with Crippen LogP contribution in [0.2, 0.25) is 0 Å². The average Bonchev–Trinajstić information content (AvgIpc) is 2.46. The van der Waals surface area contributed by atoms with Crippen molar-refractivity contribution in [3.63, 3.8) is 0 Å². The monoisotopic (exact) mass is 283 g/mol. The van der Waals surface area contributed by atoms with Gasteiger partial charge in [-0.3, -0.25) is 10.1 Å². The molecule has 108 valence electrons. The number of ether oxygens (including phenoxy) is 1. The van der Waals surface area contributed by atoms with Crippen LogP contribution < -0.4 is 4.90 Å². The van der Waals surface area contributed by atoms with Gasteiger partial charge in [-0.2, -0.15) is 0 Å². The van der Waals surface area contributed by atoms with E-state index in [2.05, 4.69) is 4.98 Å². The quantitative estimate of drug-likeness (QED) is 0.578. The van der Waals surface area contributed by atoms with Crippen LogP contribution in [0.25, 0.3) is 0 Å². The van der Waals surface area contributed by atoms with Crippen molar-refractivity contribution < 1.29 is 24.7 Å². The molecule has 9 heteroatoms. The Morgan fingerprint density at radius 3 is 3.00 bits per heavy atom. The van der Waals surface area contributed by atoms with E-state index in [9.17, 15) is 14.9 Å². The number of rotatable bonds is 4. The maximum absolute atomic E-state index is 11.1. The first-order chi connectivity index (χ1) is 9.52. The maximum atomic E-state index is 11.1. The molecule has 0 radical (unpaired) electrons. The molecule has 1 aliphatic rings. The molecule has 0 amide bonds. The van der Waals surface area contributed by atoms with Gasteiger partial charge in [0, 0.05) is 19.2 Å². The maximum Gasteiger partial charge on any atom is 0.342 e. The van der Waals surface area contributed by atoms with Crippen LogP contribution in [0.1, 0.15) is 10.4 Å². The van der Waals surface area contributed by atoms with E-state index in [1.807, 2.05) is 0 Å². The van der Waals surface area contributed by atoms with E-state index in [0.29, 0.717) is 25.5 Å². The number of morpholine rings is 1. The van der Waals surface area contributed by atoms with Gasteiger partial charge in [-0.05, 0) is 0 Å². The Bertz CT molecular complexity index is 535. The summed E-state index contributed by atoms with van der Waals surface area (Å²) in [6.45, 7) is 1.03. The summed E-state index contributed by atoms with van der Waals surface area (Å²) in [5, 5.41) is 28.8. The fourth-order valence-electron chi connectivity index (χ4n) is 1.96. The number of hydrogen-bond acceptors (Lipinski definition) is 7. The van der Waals surface area contributed by atoms with E-state index in [-0.39, 0.29) is 12.7 Å². The van der Waals surface area contributed by atoms with E-state index < -0.39 is 22.1 Å². The Morgan fingerprint density at radius 1 is 1.65 bits per heavy atom. The summed E-state index contributed by atoms with van der Waals surface area (Å²) in [5.41, 5.74) is -0.958. The lowest BCUT2D eigenvalue weighted by Gasteiger charge is -2.32. The zero-order valence-corrected chi connectivity index (χ0v) is 10.4. The third-order valence-electron chi connectivity index (χ3n) is 2.96. The number of aliphatic hydroxyl groups is 1. The largest absolute Gasteiger partial charge is 0.477 e. The predicted molar refractivity (Wildman–Crippen MR) is 66.9 cm³/mol. The lowest BCUT2D eigenvalue weighted by Crippen LogP contribution is -2.44. The highest BCUT2D eigenvalue weighted by atomic mass is 16.6. The topological polar surface area (TPSA) is 126 Å². The molecule has 2 rings (SSSR count). The van der Waals surface area contributed by atoms with Crippen molar-refractivity contribution >= 4 is 17.5 Å². The second kappa shape index (κ2) is 5.80. The Kier molecular flexibility index (Phi) is 4.11. The molecule has 1 aliphatic heterocycles. The lowest BCUT2D eigenvalue weighted by molar-refractivity contribution is -0.385. The molecule has 9 nitrogen and oxygen atoms in total. The van der Waals surface area contributed by atoms with Gasteiger partial charge in [-0.15, -0.1) is 0 Å². The summed E-state index contributed by atoms with van der Waals surface area (Å²) in [6.07, 6.45) is 0.552. The van der Waals surface area contributed by atoms with Gasteiger partial charge in [-0.1, -0.05) is 0 Å². The average molecular weight is 283 g/mol. The molecule has 1 fully saturated rings. The van der Waals surface area contributed by atoms with E-state index in [4.69, 9.17) is 14.9 Å². The van der Waals surface area contributed by atoms with Crippen LogP contribution in [0, 0.1) is 10.1 Å². The third kappa shape index (κ3) is 2.83. The number of pyridine rings is 1. The minimum Gasteiger partial charge on any atom is -0.477 e. The van der Waals surface area contributed by atoms with Crippen molar-refractivity contribution in [3.8, 4) is 0 Å². The van der Waals surface area contributed by atoms with Crippen LogP contribution in [0.15, 0.2) is 12.3 Å². The number of hydrogen-bond donors (Lipinski definition) is 2. The summed E-state index contributed by atoms with van der Waals surface area (Å²) in [7, 11) is 0. The Labute approximate surface area is 113 Å². The molecule has 1 aromatic rings. The molecular formula is C11H13N3O6. The van der Waals surface area contributed by atoms with Gasteiger partial charge in [0.1, 0.15) is 17.6 Å². The smallest absolute Gasteiger partial charge is 0.342 e. The summed E-state index contributed by atoms with van der Waals surface area (Å²) in [4.78, 5) is 26.7. The molecule has 0 aliphatic carbocycles. The van der Waals surface area contributed by atoms with Crippen molar-refractivity contribution in [2.24, 2.45) is 0 Å². The Hall–Kier alpha value is -2.26. The van der Waals surface area contributed by atoms with Gasteiger partial charge in [0.25, 0.3) is 0 Å². The summed E-state index contributed by atoms with van der Waals surface area (Å²) in [5.74, 6) is -1.07. The lowest BCUT2D eigenvalue weighted by atomic mass is 10.2. The second-order valence-corrected chi connectivity index (χ2v) is 4.24. The number of aromatic carboxylic acids is 1. The highest BCUT2D eigenvalue weighted by Crippen LogP contribution is 2.23. The van der Waals surface area contributed by atoms with Crippen molar-refractivity contribution in [3.05, 3.63) is 27.9 Å². The molecule has 20 heavy (non-hydrogen) atoms. The van der Waals surface area contributed by atoms with Gasteiger partial charge in [-0.25, -0.2) is 9.78 Å². The van der Waals surface area contributed by atoms with E-state index in [0.717, 1.165) is 6.20 Å². The fourth-order valence-corrected chi connectivity index (χ4v) is 1.96. The second-order valence-electron chi connectivity index (χ2n) is 4.24. The first kappa shape index (κ1) is 14.2. The number of nitro groups is 1. The van der Waals surface area contributed by atoms with Crippen LogP contribution in [-0.2, 0) is 4.74 Å². The molecule has 0 spiro atoms. The van der Waals surface area contributed by atoms with Gasteiger partial charge in [0.2, 0.25) is 0 Å². The molecule has 2 heterocycles. The highest BCUT2D eigenvalue weighted by Gasteiger charge is 2.25. The van der Waals surface area contributed by atoms with E-state index >= 15 is 0 Å². The van der Waals surface area contributed by atoms with Crippen molar-refractivity contribution in [1.29, 1.82) is 0 Å². The Morgan fingerprint density at radius 2 is 2.40 bits per heavy atom. The van der Waals surface area contributed by atoms with Crippen LogP contribution in [0.4, 0.5) is 11.5 Å². The molecule has 0 bridgehead atoms. The number of carboxylic acid groups (broad SMARTS) is 1. The molecule has 1 unspecified atom stereocenters. The van der Waals surface area contributed by atoms with Crippen LogP contribution in [0.3, 0.4) is 0 Å². The summed E-state index contributed by atoms with van der Waals surface area (Å²) >= 11 is 0. The number of aromatic nitrogens is 1. The van der Waals surface area contributed by atoms with Crippen molar-refractivity contribution in [2.75, 3.05) is 31.2 Å². The van der Waals surface area contributed by atoms with Crippen LogP contribution in [0.5, 0.6) is 0 Å². The van der Waals surface area contributed by atoms with Crippen LogP contribution in [-0.4, -0.2) is 58.5 Å². The zero-order valence-electron chi connectivity index (χ0n) is 10.4. The molecule has 0 aromatic carbocycles. The van der Waals surface area contributed by atoms with Gasteiger partial charge in [0.15, 0.2) is 0 Å². The highest BCUT2D eigenvalue weighted by molar-refractivity contribution is 5.93. The zero-order chi connectivity index (χ0) is 14.7. The minimum atomic E-state index is -1.38. The number of carboxylic acids is 1. The standard InChI is InChI=1S/C11H13N3O6/c15-6-7-5-13(1-2-20-7)10-3-8(11(16)17)9(4-12-10)14(18)19/h3-4,7,15H,1-2,5-6H2,(H,16,17). The molecule has 0 saturated carbocycles. The number of carbonyl (C=O) groups is 1. The molecule has 2 N–H and O–H groups in total. The van der Waals surface area contributed by atoms with Gasteiger partial charge >= 0.3 is 11.7 Å². The first-order valence-corrected chi connectivity index (χ1v) is 5.88. The van der Waals surface area contributed by atoms with Crippen LogP contribution >= 0.6 is 0 Å². The molecule has 1 saturated heterocycles. The normalized spacial score (nSPS) is 18.9.